The Bertz CT molecular complexity index is 783. The molecule has 122 valence electrons. The van der Waals surface area contributed by atoms with E-state index in [9.17, 15) is 0 Å². The van der Waals surface area contributed by atoms with Crippen molar-refractivity contribution < 1.29 is 28.6 Å². The molecule has 0 N–H and O–H groups in total. The van der Waals surface area contributed by atoms with Crippen molar-refractivity contribution in [3.05, 3.63) is 82.2 Å². The summed E-state index contributed by atoms with van der Waals surface area (Å²) in [6, 6.07) is 18.0. The molecular weight excluding hydrogens is 357 g/mol. The molecule has 0 amide bonds. The van der Waals surface area contributed by atoms with Crippen molar-refractivity contribution in [3.8, 4) is 0 Å². The van der Waals surface area contributed by atoms with E-state index in [4.69, 9.17) is 0 Å². The standard InChI is InChI=1S/C11H12P.C9H7.2FH.Ti/c1-12(2)11-7-9-5-3-4-6-10(9)8-11;1-2-5-9-7-3-6-8(9)4-1;;;/h3-8H,1-2H3;1-7H;2*1H;/q;;;;+2/p-2. The van der Waals surface area contributed by atoms with Crippen LogP contribution in [0.5, 0.6) is 0 Å². The van der Waals surface area contributed by atoms with Gasteiger partial charge in [-0.25, -0.2) is 0 Å². The molecule has 0 fully saturated rings. The summed E-state index contributed by atoms with van der Waals surface area (Å²) in [7, 11) is -0.00649. The Morgan fingerprint density at radius 3 is 2.17 bits per heavy atom. The van der Waals surface area contributed by atoms with Gasteiger partial charge in [-0.2, -0.15) is 0 Å². The maximum Gasteiger partial charge on any atom is -1.00 e. The predicted molar refractivity (Wildman–Crippen MR) is 94.1 cm³/mol. The van der Waals surface area contributed by atoms with E-state index < -0.39 is 0 Å². The SMILES string of the molecule is CP(C)C1=Cc2ccccc2[CH]1[Ti+2][CH]1C=Cc2ccccc21.[F-].[F-]. The average molecular weight is 376 g/mol. The van der Waals surface area contributed by atoms with E-state index in [2.05, 4.69) is 80.1 Å². The topological polar surface area (TPSA) is 0 Å². The second kappa shape index (κ2) is 7.87. The predicted octanol–water partition coefficient (Wildman–Crippen LogP) is -0.318. The molecule has 2 aliphatic rings. The second-order valence-corrected chi connectivity index (χ2v) is 10.9. The Hall–Kier alpha value is -1.08. The van der Waals surface area contributed by atoms with E-state index in [1.54, 1.807) is 16.4 Å². The Labute approximate surface area is 152 Å². The molecular formula is C20H19F2PTi. The number of halogens is 2. The monoisotopic (exact) mass is 376 g/mol. The van der Waals surface area contributed by atoms with Gasteiger partial charge < -0.3 is 9.41 Å². The molecule has 2 aliphatic carbocycles. The van der Waals surface area contributed by atoms with Gasteiger partial charge >= 0.3 is 143 Å². The summed E-state index contributed by atoms with van der Waals surface area (Å²) in [4.78, 5) is 0. The maximum atomic E-state index is 2.49. The van der Waals surface area contributed by atoms with Gasteiger partial charge in [0.15, 0.2) is 0 Å². The molecule has 24 heavy (non-hydrogen) atoms. The summed E-state index contributed by atoms with van der Waals surface area (Å²) in [5.41, 5.74) is 6.05. The van der Waals surface area contributed by atoms with Crippen molar-refractivity contribution in [1.82, 2.24) is 0 Å². The molecule has 0 nitrogen and oxygen atoms in total. The van der Waals surface area contributed by atoms with E-state index in [1.807, 2.05) is 0 Å². The third-order valence-corrected chi connectivity index (χ3v) is 9.21. The number of hydrogen-bond acceptors (Lipinski definition) is 0. The molecule has 0 radical (unpaired) electrons. The fraction of sp³-hybridized carbons (Fsp3) is 0.200. The van der Waals surface area contributed by atoms with Gasteiger partial charge in [-0.1, -0.05) is 0 Å². The zero-order valence-corrected chi connectivity index (χ0v) is 16.2. The maximum absolute atomic E-state index is 2.49. The molecule has 2 aromatic rings. The fourth-order valence-corrected chi connectivity index (χ4v) is 8.68. The molecule has 0 heterocycles. The van der Waals surface area contributed by atoms with Gasteiger partial charge in [-0.15, -0.1) is 0 Å². The number of rotatable bonds is 3. The summed E-state index contributed by atoms with van der Waals surface area (Å²) in [6.45, 7) is 4.81. The van der Waals surface area contributed by atoms with Crippen molar-refractivity contribution in [3.63, 3.8) is 0 Å². The van der Waals surface area contributed by atoms with Crippen molar-refractivity contribution >= 4 is 20.1 Å². The molecule has 0 spiro atoms. The first-order valence-electron chi connectivity index (χ1n) is 7.75. The van der Waals surface area contributed by atoms with Crippen LogP contribution in [0.25, 0.3) is 12.2 Å². The van der Waals surface area contributed by atoms with E-state index in [0.717, 1.165) is 4.22 Å². The summed E-state index contributed by atoms with van der Waals surface area (Å²) in [5, 5.41) is 1.72. The van der Waals surface area contributed by atoms with Crippen molar-refractivity contribution in [2.75, 3.05) is 13.3 Å². The third-order valence-electron chi connectivity index (χ3n) is 4.57. The second-order valence-electron chi connectivity index (χ2n) is 6.16. The van der Waals surface area contributed by atoms with E-state index in [-0.39, 0.29) is 36.5 Å². The summed E-state index contributed by atoms with van der Waals surface area (Å²) < 4.78 is 1.41. The van der Waals surface area contributed by atoms with Crippen molar-refractivity contribution in [1.29, 1.82) is 0 Å². The van der Waals surface area contributed by atoms with E-state index in [0.29, 0.717) is 4.22 Å². The van der Waals surface area contributed by atoms with Crippen LogP contribution in [0.15, 0.2) is 59.9 Å². The molecule has 4 rings (SSSR count). The molecule has 0 aromatic heterocycles. The zero-order chi connectivity index (χ0) is 15.1. The van der Waals surface area contributed by atoms with Crippen LogP contribution >= 0.6 is 7.92 Å². The van der Waals surface area contributed by atoms with Crippen LogP contribution in [0.3, 0.4) is 0 Å². The van der Waals surface area contributed by atoms with Crippen LogP contribution in [-0.4, -0.2) is 13.3 Å². The number of fused-ring (bicyclic) bond motifs is 2. The zero-order valence-electron chi connectivity index (χ0n) is 13.7. The Morgan fingerprint density at radius 2 is 1.46 bits per heavy atom. The molecule has 0 bridgehead atoms. The normalized spacial score (nSPS) is 19.7. The smallest absolute Gasteiger partial charge is 1.00 e. The molecule has 2 unspecified atom stereocenters. The minimum atomic E-state index is -0.134. The first kappa shape index (κ1) is 19.3. The summed E-state index contributed by atoms with van der Waals surface area (Å²) in [5.74, 6) is 0. The first-order valence-corrected chi connectivity index (χ1v) is 11.8. The van der Waals surface area contributed by atoms with Gasteiger partial charge in [-0.3, -0.25) is 0 Å². The number of benzene rings is 2. The minimum absolute atomic E-state index is 0. The van der Waals surface area contributed by atoms with Crippen molar-refractivity contribution in [2.45, 2.75) is 8.45 Å². The van der Waals surface area contributed by atoms with Crippen LogP contribution < -0.4 is 9.41 Å². The molecule has 0 aliphatic heterocycles. The van der Waals surface area contributed by atoms with Crippen LogP contribution in [0.1, 0.15) is 30.7 Å². The van der Waals surface area contributed by atoms with Gasteiger partial charge in [0, 0.05) is 0 Å². The molecule has 0 saturated carbocycles. The Kier molecular flexibility index (Phi) is 6.31. The van der Waals surface area contributed by atoms with Gasteiger partial charge in [0.05, 0.1) is 0 Å². The summed E-state index contributed by atoms with van der Waals surface area (Å²) in [6.07, 6.45) is 7.27. The Morgan fingerprint density at radius 1 is 0.833 bits per heavy atom. The molecule has 2 aromatic carbocycles. The fourth-order valence-electron chi connectivity index (χ4n) is 3.44. The van der Waals surface area contributed by atoms with Crippen LogP contribution in [0.4, 0.5) is 0 Å². The molecule has 2 atom stereocenters. The van der Waals surface area contributed by atoms with Crippen LogP contribution in [0.2, 0.25) is 0 Å². The minimum Gasteiger partial charge on any atom is -1.00 e. The molecule has 0 saturated heterocycles. The third kappa shape index (κ3) is 3.33. The first-order chi connectivity index (χ1) is 10.7. The van der Waals surface area contributed by atoms with E-state index in [1.165, 1.54) is 11.1 Å². The van der Waals surface area contributed by atoms with Crippen molar-refractivity contribution in [2.24, 2.45) is 0 Å². The Balaban J connectivity index is 0.00000104. The number of allylic oxidation sites excluding steroid dienone is 2. The average Bonchev–Trinajstić information content (AvgIpc) is 3.10. The van der Waals surface area contributed by atoms with Crippen LogP contribution in [0, 0.1) is 0 Å². The van der Waals surface area contributed by atoms with Gasteiger partial charge in [-0.05, 0) is 0 Å². The van der Waals surface area contributed by atoms with Gasteiger partial charge in [0.2, 0.25) is 0 Å². The van der Waals surface area contributed by atoms with Gasteiger partial charge in [0.25, 0.3) is 0 Å². The quantitative estimate of drug-likeness (QED) is 0.509. The largest absolute Gasteiger partial charge is 1.00 e. The molecule has 4 heteroatoms. The van der Waals surface area contributed by atoms with Gasteiger partial charge in [0.1, 0.15) is 0 Å². The van der Waals surface area contributed by atoms with Crippen LogP contribution in [-0.2, 0) is 19.2 Å². The summed E-state index contributed by atoms with van der Waals surface area (Å²) >= 11 is -0.134. The number of hydrogen-bond donors (Lipinski definition) is 0. The van der Waals surface area contributed by atoms with E-state index >= 15 is 0 Å².